The average molecular weight is 745 g/mol. The molecule has 0 N–H and O–H groups in total. The summed E-state index contributed by atoms with van der Waals surface area (Å²) in [5.74, 6) is 2.71. The van der Waals surface area contributed by atoms with Crippen LogP contribution >= 0.6 is 21.6 Å². The summed E-state index contributed by atoms with van der Waals surface area (Å²) in [6.45, 7) is 0. The molecule has 0 atom stereocenters. The van der Waals surface area contributed by atoms with Crippen LogP contribution in [0.5, 0.6) is 11.5 Å². The molecule has 4 aromatic carbocycles. The van der Waals surface area contributed by atoms with Gasteiger partial charge < -0.3 is 9.47 Å². The lowest BCUT2D eigenvalue weighted by Crippen LogP contribution is -2.02. The van der Waals surface area contributed by atoms with E-state index in [0.717, 1.165) is 67.6 Å². The highest BCUT2D eigenvalue weighted by molar-refractivity contribution is 8.76. The van der Waals surface area contributed by atoms with Gasteiger partial charge in [-0.2, -0.15) is 19.2 Å². The molecule has 0 amide bonds. The molecule has 262 valence electrons. The Morgan fingerprint density at radius 1 is 0.444 bits per heavy atom. The van der Waals surface area contributed by atoms with Gasteiger partial charge in [0.2, 0.25) is 10.3 Å². The summed E-state index contributed by atoms with van der Waals surface area (Å²) in [6, 6.07) is 44.5. The van der Waals surface area contributed by atoms with Gasteiger partial charge in [0, 0.05) is 11.1 Å². The minimum atomic E-state index is 0.584. The smallest absolute Gasteiger partial charge is 0.257 e. The summed E-state index contributed by atoms with van der Waals surface area (Å²) in [7, 11) is 6.21. The molecule has 10 aromatic rings. The molecule has 0 aliphatic heterocycles. The number of rotatable bonds is 9. The lowest BCUT2D eigenvalue weighted by atomic mass is 10.1. The number of methoxy groups -OCH3 is 2. The minimum absolute atomic E-state index is 0.584. The zero-order valence-corrected chi connectivity index (χ0v) is 30.4. The Morgan fingerprint density at radius 3 is 1.24 bits per heavy atom. The Labute approximate surface area is 315 Å². The molecule has 10 rings (SSSR count). The first-order chi connectivity index (χ1) is 26.6. The van der Waals surface area contributed by atoms with E-state index < -0.39 is 0 Å². The Bertz CT molecular complexity index is 2750. The third-order valence-corrected chi connectivity index (χ3v) is 11.3. The SMILES string of the molecule is COc1ccc(-c2cc3cc(-c4ccccc4)nn3c3nnc(SSc4nnc5n4c(-c4ccc(OC)cc4)cc4cc(-c6ccccc6)nn45)n23)cc1. The van der Waals surface area contributed by atoms with Crippen LogP contribution < -0.4 is 9.47 Å². The van der Waals surface area contributed by atoms with Gasteiger partial charge in [0.25, 0.3) is 11.6 Å². The first kappa shape index (κ1) is 32.0. The first-order valence-corrected chi connectivity index (χ1v) is 19.1. The van der Waals surface area contributed by atoms with Gasteiger partial charge in [0.15, 0.2) is 0 Å². The van der Waals surface area contributed by atoms with E-state index >= 15 is 0 Å². The summed E-state index contributed by atoms with van der Waals surface area (Å²) in [5.41, 5.74) is 9.28. The highest BCUT2D eigenvalue weighted by Gasteiger charge is 2.22. The molecule has 0 saturated heterocycles. The summed E-state index contributed by atoms with van der Waals surface area (Å²) in [4.78, 5) is 0. The van der Waals surface area contributed by atoms with E-state index in [1.165, 1.54) is 21.6 Å². The van der Waals surface area contributed by atoms with Crippen LogP contribution in [-0.2, 0) is 0 Å². The van der Waals surface area contributed by atoms with E-state index in [-0.39, 0.29) is 0 Å². The van der Waals surface area contributed by atoms with Gasteiger partial charge in [-0.25, -0.2) is 0 Å². The summed E-state index contributed by atoms with van der Waals surface area (Å²) < 4.78 is 18.7. The van der Waals surface area contributed by atoms with Crippen molar-refractivity contribution >= 4 is 44.2 Å². The monoisotopic (exact) mass is 744 g/mol. The Kier molecular flexibility index (Phi) is 7.77. The molecule has 0 unspecified atom stereocenters. The standard InChI is InChI=1S/C40H28N10O2S2/c1-51-31-17-13-27(14-18-31)35-23-29-21-33(25-9-5-3-6-10-25)45-49(29)37-41-43-39(47(35)37)53-54-40-44-42-38-48(40)36(28-15-19-32(52-2)20-16-28)24-30-22-34(46-50(30)38)26-11-7-4-8-12-26/h3-24H,1-2H3. The third kappa shape index (κ3) is 5.42. The van der Waals surface area contributed by atoms with E-state index in [1.54, 1.807) is 14.2 Å². The van der Waals surface area contributed by atoms with E-state index in [2.05, 4.69) is 34.5 Å². The van der Waals surface area contributed by atoms with E-state index in [0.29, 0.717) is 21.9 Å². The van der Waals surface area contributed by atoms with Crippen LogP contribution in [0, 0.1) is 0 Å². The fourth-order valence-electron chi connectivity index (χ4n) is 6.58. The van der Waals surface area contributed by atoms with Crippen molar-refractivity contribution in [2.24, 2.45) is 0 Å². The van der Waals surface area contributed by atoms with Gasteiger partial charge >= 0.3 is 0 Å². The molecular weight excluding hydrogens is 717 g/mol. The van der Waals surface area contributed by atoms with Gasteiger partial charge in [0.05, 0.1) is 48.0 Å². The number of hydrogen-bond acceptors (Lipinski definition) is 10. The van der Waals surface area contributed by atoms with Crippen LogP contribution in [0.2, 0.25) is 0 Å². The van der Waals surface area contributed by atoms with Gasteiger partial charge in [0.1, 0.15) is 11.5 Å². The maximum absolute atomic E-state index is 5.46. The van der Waals surface area contributed by atoms with Crippen molar-refractivity contribution in [3.63, 3.8) is 0 Å². The second kappa shape index (κ2) is 13.1. The Morgan fingerprint density at radius 2 is 0.852 bits per heavy atom. The van der Waals surface area contributed by atoms with Gasteiger partial charge in [-0.05, 0) is 106 Å². The molecule has 6 aromatic heterocycles. The van der Waals surface area contributed by atoms with Crippen molar-refractivity contribution in [2.45, 2.75) is 10.3 Å². The van der Waals surface area contributed by atoms with Crippen LogP contribution in [0.25, 0.3) is 67.6 Å². The Balaban J connectivity index is 1.11. The number of aromatic nitrogens is 10. The number of ether oxygens (including phenoxy) is 2. The maximum Gasteiger partial charge on any atom is 0.257 e. The molecule has 12 nitrogen and oxygen atoms in total. The molecule has 0 spiro atoms. The number of hydrogen-bond donors (Lipinski definition) is 0. The molecule has 14 heteroatoms. The van der Waals surface area contributed by atoms with E-state index in [9.17, 15) is 0 Å². The second-order valence-electron chi connectivity index (χ2n) is 12.4. The van der Waals surface area contributed by atoms with Crippen molar-refractivity contribution in [3.8, 4) is 56.5 Å². The largest absolute Gasteiger partial charge is 0.497 e. The van der Waals surface area contributed by atoms with Crippen molar-refractivity contribution < 1.29 is 9.47 Å². The fraction of sp³-hybridized carbons (Fsp3) is 0.0500. The van der Waals surface area contributed by atoms with Crippen molar-refractivity contribution in [1.29, 1.82) is 0 Å². The fourth-order valence-corrected chi connectivity index (χ4v) is 8.48. The Hall–Kier alpha value is -6.64. The highest BCUT2D eigenvalue weighted by atomic mass is 33.1. The van der Waals surface area contributed by atoms with Gasteiger partial charge in [-0.3, -0.25) is 8.80 Å². The lowest BCUT2D eigenvalue weighted by Gasteiger charge is -2.11. The molecule has 0 radical (unpaired) electrons. The average Bonchev–Trinajstić information content (AvgIpc) is 4.05. The van der Waals surface area contributed by atoms with Crippen molar-refractivity contribution in [2.75, 3.05) is 14.2 Å². The lowest BCUT2D eigenvalue weighted by molar-refractivity contribution is 0.415. The predicted molar refractivity (Wildman–Crippen MR) is 210 cm³/mol. The predicted octanol–water partition coefficient (Wildman–Crippen LogP) is 8.55. The molecule has 0 bridgehead atoms. The molecule has 0 aliphatic carbocycles. The zero-order chi connectivity index (χ0) is 36.2. The molecule has 0 saturated carbocycles. The molecule has 0 fully saturated rings. The quantitative estimate of drug-likeness (QED) is 0.133. The number of fused-ring (bicyclic) bond motifs is 6. The topological polar surface area (TPSA) is 113 Å². The summed E-state index contributed by atoms with van der Waals surface area (Å²) in [5, 5.41) is 30.0. The molecule has 54 heavy (non-hydrogen) atoms. The first-order valence-electron chi connectivity index (χ1n) is 17.0. The zero-order valence-electron chi connectivity index (χ0n) is 28.8. The molecule has 6 heterocycles. The highest BCUT2D eigenvalue weighted by Crippen LogP contribution is 2.40. The van der Waals surface area contributed by atoms with E-state index in [1.807, 2.05) is 127 Å². The maximum atomic E-state index is 5.46. The van der Waals surface area contributed by atoms with Crippen LogP contribution in [0.15, 0.2) is 144 Å². The third-order valence-electron chi connectivity index (χ3n) is 9.24. The van der Waals surface area contributed by atoms with Crippen LogP contribution in [0.1, 0.15) is 0 Å². The van der Waals surface area contributed by atoms with Crippen LogP contribution in [0.4, 0.5) is 0 Å². The molecule has 0 aliphatic rings. The second-order valence-corrected chi connectivity index (χ2v) is 14.4. The van der Waals surface area contributed by atoms with Crippen LogP contribution in [0.3, 0.4) is 0 Å². The van der Waals surface area contributed by atoms with E-state index in [4.69, 9.17) is 29.9 Å². The number of nitrogens with zero attached hydrogens (tertiary/aromatic N) is 10. The number of benzene rings is 4. The summed E-state index contributed by atoms with van der Waals surface area (Å²) >= 11 is 0. The van der Waals surface area contributed by atoms with Crippen molar-refractivity contribution in [1.82, 2.24) is 48.4 Å². The van der Waals surface area contributed by atoms with Gasteiger partial charge in [-0.15, -0.1) is 20.4 Å². The minimum Gasteiger partial charge on any atom is -0.497 e. The van der Waals surface area contributed by atoms with Gasteiger partial charge in [-0.1, -0.05) is 60.7 Å². The van der Waals surface area contributed by atoms with Crippen LogP contribution in [-0.4, -0.2) is 62.6 Å². The van der Waals surface area contributed by atoms with Crippen molar-refractivity contribution in [3.05, 3.63) is 133 Å². The normalized spacial score (nSPS) is 11.7. The summed E-state index contributed by atoms with van der Waals surface area (Å²) in [6.07, 6.45) is 0. The molecular formula is C40H28N10O2S2.